The molecule has 6 nitrogen and oxygen atoms in total. The predicted molar refractivity (Wildman–Crippen MR) is 280 cm³/mol. The molecular formula is C59H114O6. The first-order valence-electron chi connectivity index (χ1n) is 29.5. The number of ether oxygens (including phenoxy) is 3. The molecule has 0 heterocycles. The van der Waals surface area contributed by atoms with Gasteiger partial charge in [-0.05, 0) is 19.3 Å². The van der Waals surface area contributed by atoms with E-state index >= 15 is 0 Å². The second kappa shape index (κ2) is 55.0. The molecule has 0 radical (unpaired) electrons. The topological polar surface area (TPSA) is 78.9 Å². The van der Waals surface area contributed by atoms with Crippen molar-refractivity contribution in [2.45, 2.75) is 348 Å². The third-order valence-electron chi connectivity index (χ3n) is 13.6. The number of esters is 3. The number of hydrogen-bond acceptors (Lipinski definition) is 6. The van der Waals surface area contributed by atoms with Crippen molar-refractivity contribution in [1.82, 2.24) is 0 Å². The van der Waals surface area contributed by atoms with Gasteiger partial charge in [0.2, 0.25) is 0 Å². The van der Waals surface area contributed by atoms with Gasteiger partial charge in [0.05, 0.1) is 0 Å². The zero-order chi connectivity index (χ0) is 47.2. The molecule has 0 rings (SSSR count). The molecule has 65 heavy (non-hydrogen) atoms. The maximum atomic E-state index is 12.8. The van der Waals surface area contributed by atoms with Crippen LogP contribution in [0, 0.1) is 0 Å². The fourth-order valence-electron chi connectivity index (χ4n) is 9.15. The number of carbonyl (C=O) groups is 3. The van der Waals surface area contributed by atoms with Crippen LogP contribution in [0.3, 0.4) is 0 Å². The standard InChI is InChI=1S/C59H114O6/c1-4-7-10-13-16-19-22-24-25-26-27-28-29-30-31-32-33-34-35-36-38-40-43-46-49-52-58(61)64-55-56(54-63-57(60)51-48-45-42-39-21-18-15-12-9-6-3)65-59(62)53-50-47-44-41-37-23-20-17-14-11-8-5-2/h56H,4-55H2,1-3H3. The lowest BCUT2D eigenvalue weighted by Crippen LogP contribution is -2.30. The Balaban J connectivity index is 4.09. The van der Waals surface area contributed by atoms with Crippen LogP contribution in [0.25, 0.3) is 0 Å². The molecule has 0 spiro atoms. The fraction of sp³-hybridized carbons (Fsp3) is 0.949. The van der Waals surface area contributed by atoms with Gasteiger partial charge in [-0.2, -0.15) is 0 Å². The van der Waals surface area contributed by atoms with Crippen molar-refractivity contribution < 1.29 is 28.6 Å². The maximum absolute atomic E-state index is 12.8. The Labute approximate surface area is 406 Å². The normalized spacial score (nSPS) is 11.9. The Morgan fingerprint density at radius 1 is 0.246 bits per heavy atom. The Bertz CT molecular complexity index is 967. The summed E-state index contributed by atoms with van der Waals surface area (Å²) in [6.45, 7) is 6.68. The van der Waals surface area contributed by atoms with E-state index in [9.17, 15) is 14.4 Å². The van der Waals surface area contributed by atoms with Gasteiger partial charge >= 0.3 is 17.9 Å². The number of unbranched alkanes of at least 4 members (excludes halogenated alkanes) is 44. The van der Waals surface area contributed by atoms with Gasteiger partial charge in [-0.3, -0.25) is 14.4 Å². The first kappa shape index (κ1) is 63.4. The van der Waals surface area contributed by atoms with Crippen molar-refractivity contribution in [3.8, 4) is 0 Å². The van der Waals surface area contributed by atoms with Gasteiger partial charge in [0.15, 0.2) is 6.10 Å². The van der Waals surface area contributed by atoms with Crippen molar-refractivity contribution in [1.29, 1.82) is 0 Å². The van der Waals surface area contributed by atoms with Crippen molar-refractivity contribution >= 4 is 17.9 Å². The molecule has 0 saturated heterocycles. The lowest BCUT2D eigenvalue weighted by Gasteiger charge is -2.18. The summed E-state index contributed by atoms with van der Waals surface area (Å²) in [6, 6.07) is 0. The molecule has 6 heteroatoms. The van der Waals surface area contributed by atoms with Crippen LogP contribution in [0.1, 0.15) is 342 Å². The average molecular weight is 920 g/mol. The summed E-state index contributed by atoms with van der Waals surface area (Å²) in [5, 5.41) is 0. The molecule has 0 fully saturated rings. The molecule has 0 aliphatic heterocycles. The van der Waals surface area contributed by atoms with Gasteiger partial charge in [0.25, 0.3) is 0 Å². The van der Waals surface area contributed by atoms with E-state index in [0.717, 1.165) is 57.8 Å². The lowest BCUT2D eigenvalue weighted by molar-refractivity contribution is -0.167. The Morgan fingerprint density at radius 2 is 0.415 bits per heavy atom. The summed E-state index contributed by atoms with van der Waals surface area (Å²) in [7, 11) is 0. The highest BCUT2D eigenvalue weighted by molar-refractivity contribution is 5.71. The van der Waals surface area contributed by atoms with E-state index in [2.05, 4.69) is 20.8 Å². The molecule has 1 atom stereocenters. The van der Waals surface area contributed by atoms with Gasteiger partial charge in [-0.15, -0.1) is 0 Å². The zero-order valence-electron chi connectivity index (χ0n) is 44.3. The van der Waals surface area contributed by atoms with Gasteiger partial charge in [0, 0.05) is 19.3 Å². The molecule has 0 aromatic rings. The molecule has 0 saturated carbocycles. The second-order valence-electron chi connectivity index (χ2n) is 20.3. The fourth-order valence-corrected chi connectivity index (χ4v) is 9.15. The Morgan fingerprint density at radius 3 is 0.615 bits per heavy atom. The molecule has 0 aliphatic carbocycles. The summed E-state index contributed by atoms with van der Waals surface area (Å²) in [6.07, 6.45) is 61.2. The molecule has 0 amide bonds. The van der Waals surface area contributed by atoms with E-state index in [1.807, 2.05) is 0 Å². The van der Waals surface area contributed by atoms with Crippen molar-refractivity contribution in [2.75, 3.05) is 13.2 Å². The van der Waals surface area contributed by atoms with Crippen LogP contribution in [0.2, 0.25) is 0 Å². The number of carbonyl (C=O) groups excluding carboxylic acids is 3. The maximum Gasteiger partial charge on any atom is 0.306 e. The first-order valence-corrected chi connectivity index (χ1v) is 29.5. The minimum Gasteiger partial charge on any atom is -0.462 e. The zero-order valence-corrected chi connectivity index (χ0v) is 44.3. The van der Waals surface area contributed by atoms with Crippen LogP contribution >= 0.6 is 0 Å². The van der Waals surface area contributed by atoms with Gasteiger partial charge < -0.3 is 14.2 Å². The predicted octanol–water partition coefficient (Wildman–Crippen LogP) is 19.5. The van der Waals surface area contributed by atoms with Crippen molar-refractivity contribution in [3.63, 3.8) is 0 Å². The third-order valence-corrected chi connectivity index (χ3v) is 13.6. The summed E-state index contributed by atoms with van der Waals surface area (Å²) >= 11 is 0. The molecule has 1 unspecified atom stereocenters. The highest BCUT2D eigenvalue weighted by atomic mass is 16.6. The molecular weight excluding hydrogens is 805 g/mol. The molecule has 386 valence electrons. The van der Waals surface area contributed by atoms with Gasteiger partial charge in [-0.1, -0.05) is 303 Å². The van der Waals surface area contributed by atoms with Gasteiger partial charge in [-0.25, -0.2) is 0 Å². The summed E-state index contributed by atoms with van der Waals surface area (Å²) in [4.78, 5) is 38.0. The van der Waals surface area contributed by atoms with Crippen molar-refractivity contribution in [3.05, 3.63) is 0 Å². The minimum atomic E-state index is -0.760. The summed E-state index contributed by atoms with van der Waals surface area (Å²) in [5.74, 6) is -0.838. The van der Waals surface area contributed by atoms with E-state index in [0.29, 0.717) is 19.3 Å². The lowest BCUT2D eigenvalue weighted by atomic mass is 10.0. The summed E-state index contributed by atoms with van der Waals surface area (Å²) < 4.78 is 16.8. The van der Waals surface area contributed by atoms with E-state index < -0.39 is 6.10 Å². The van der Waals surface area contributed by atoms with Gasteiger partial charge in [0.1, 0.15) is 13.2 Å². The van der Waals surface area contributed by atoms with Crippen LogP contribution in [0.5, 0.6) is 0 Å². The Kier molecular flexibility index (Phi) is 53.7. The monoisotopic (exact) mass is 919 g/mol. The average Bonchev–Trinajstić information content (AvgIpc) is 3.30. The highest BCUT2D eigenvalue weighted by Gasteiger charge is 2.19. The molecule has 0 bridgehead atoms. The van der Waals surface area contributed by atoms with E-state index in [1.54, 1.807) is 0 Å². The van der Waals surface area contributed by atoms with Crippen LogP contribution in [-0.2, 0) is 28.6 Å². The SMILES string of the molecule is CCCCCCCCCCCCCCCCCCCCCCCCCCCC(=O)OCC(COC(=O)CCCCCCCCCCCC)OC(=O)CCCCCCCCCCCCCC. The Hall–Kier alpha value is -1.59. The van der Waals surface area contributed by atoms with Crippen LogP contribution < -0.4 is 0 Å². The minimum absolute atomic E-state index is 0.0615. The van der Waals surface area contributed by atoms with Crippen molar-refractivity contribution in [2.24, 2.45) is 0 Å². The molecule has 0 aliphatic rings. The molecule has 0 aromatic carbocycles. The van der Waals surface area contributed by atoms with Crippen LogP contribution in [0.4, 0.5) is 0 Å². The van der Waals surface area contributed by atoms with E-state index in [-0.39, 0.29) is 31.1 Å². The summed E-state index contributed by atoms with van der Waals surface area (Å²) in [5.41, 5.74) is 0. The van der Waals surface area contributed by atoms with Crippen LogP contribution in [0.15, 0.2) is 0 Å². The van der Waals surface area contributed by atoms with E-state index in [1.165, 1.54) is 244 Å². The highest BCUT2D eigenvalue weighted by Crippen LogP contribution is 2.18. The van der Waals surface area contributed by atoms with E-state index in [4.69, 9.17) is 14.2 Å². The molecule has 0 N–H and O–H groups in total. The number of hydrogen-bond donors (Lipinski definition) is 0. The third kappa shape index (κ3) is 53.2. The van der Waals surface area contributed by atoms with Crippen LogP contribution in [-0.4, -0.2) is 37.2 Å². The number of rotatable bonds is 55. The smallest absolute Gasteiger partial charge is 0.306 e. The quantitative estimate of drug-likeness (QED) is 0.0344. The first-order chi connectivity index (χ1) is 32.0. The second-order valence-corrected chi connectivity index (χ2v) is 20.3. The largest absolute Gasteiger partial charge is 0.462 e. The molecule has 0 aromatic heterocycles.